The smallest absolute Gasteiger partial charge is 0.410 e. The zero-order valence-corrected chi connectivity index (χ0v) is 22.5. The lowest BCUT2D eigenvalue weighted by Crippen LogP contribution is -2.46. The number of aliphatic hydroxyl groups excluding tert-OH is 2. The summed E-state index contributed by atoms with van der Waals surface area (Å²) < 4.78 is 17.0. The molecule has 9 heteroatoms. The van der Waals surface area contributed by atoms with E-state index in [1.807, 2.05) is 18.2 Å². The van der Waals surface area contributed by atoms with Crippen molar-refractivity contribution in [2.45, 2.75) is 77.4 Å². The molecule has 1 amide bonds. The number of amides is 1. The molecule has 0 saturated carbocycles. The molecule has 2 aliphatic rings. The van der Waals surface area contributed by atoms with Crippen LogP contribution >= 0.6 is 0 Å². The first-order valence-corrected chi connectivity index (χ1v) is 13.1. The molecular formula is C27H45N3O6. The Bertz CT molecular complexity index is 837. The van der Waals surface area contributed by atoms with E-state index in [-0.39, 0.29) is 19.1 Å². The number of ether oxygens (including phenoxy) is 3. The van der Waals surface area contributed by atoms with Gasteiger partial charge in [0.15, 0.2) is 11.5 Å². The summed E-state index contributed by atoms with van der Waals surface area (Å²) in [5, 5.41) is 24.5. The van der Waals surface area contributed by atoms with Gasteiger partial charge in [-0.1, -0.05) is 13.0 Å². The molecule has 2 heterocycles. The number of β-amino-alcohol motifs (C(OH)–C–C–N with tert-alkyl or cyclic N) is 2. The number of hydrogen-bond donors (Lipinski definition) is 3. The number of nitrogens with one attached hydrogen (secondary N) is 1. The molecule has 1 aromatic rings. The van der Waals surface area contributed by atoms with Crippen LogP contribution in [0.3, 0.4) is 0 Å². The second-order valence-corrected chi connectivity index (χ2v) is 11.2. The Morgan fingerprint density at radius 1 is 1.14 bits per heavy atom. The summed E-state index contributed by atoms with van der Waals surface area (Å²) in [4.78, 5) is 16.3. The van der Waals surface area contributed by atoms with Crippen LogP contribution in [0.25, 0.3) is 0 Å². The number of likely N-dealkylation sites (tertiary alicyclic amines) is 2. The van der Waals surface area contributed by atoms with Crippen molar-refractivity contribution < 1.29 is 29.2 Å². The molecule has 2 fully saturated rings. The third-order valence-corrected chi connectivity index (χ3v) is 6.82. The average Bonchev–Trinajstić information content (AvgIpc) is 2.96. The van der Waals surface area contributed by atoms with Gasteiger partial charge in [0.1, 0.15) is 12.2 Å². The second kappa shape index (κ2) is 12.9. The Hall–Kier alpha value is -2.07. The molecule has 0 spiro atoms. The maximum atomic E-state index is 12.5. The van der Waals surface area contributed by atoms with Gasteiger partial charge in [0.05, 0.1) is 32.4 Å². The number of carbonyl (C=O) groups is 1. The SMILES string of the molecule is COc1cc(CN[C@@H]2C[C@@H](O)CN(C(=O)OC(C)(C)C)C[C@H]2O)ccc1OCCN1CCC(C)CC1. The van der Waals surface area contributed by atoms with E-state index < -0.39 is 23.9 Å². The molecule has 0 radical (unpaired) electrons. The summed E-state index contributed by atoms with van der Waals surface area (Å²) in [5.41, 5.74) is 0.331. The molecular weight excluding hydrogens is 462 g/mol. The van der Waals surface area contributed by atoms with Gasteiger partial charge in [0.2, 0.25) is 0 Å². The van der Waals surface area contributed by atoms with E-state index >= 15 is 0 Å². The Balaban J connectivity index is 1.51. The zero-order chi connectivity index (χ0) is 26.3. The number of benzene rings is 1. The summed E-state index contributed by atoms with van der Waals surface area (Å²) in [7, 11) is 1.63. The van der Waals surface area contributed by atoms with Gasteiger partial charge >= 0.3 is 6.09 Å². The molecule has 3 rings (SSSR count). The average molecular weight is 508 g/mol. The van der Waals surface area contributed by atoms with E-state index in [1.54, 1.807) is 27.9 Å². The van der Waals surface area contributed by atoms with Crippen LogP contribution in [-0.4, -0.2) is 96.4 Å². The monoisotopic (exact) mass is 507 g/mol. The molecule has 9 nitrogen and oxygen atoms in total. The summed E-state index contributed by atoms with van der Waals surface area (Å²) in [5.74, 6) is 2.19. The molecule has 204 valence electrons. The number of carbonyl (C=O) groups excluding carboxylic acids is 1. The number of hydrogen-bond acceptors (Lipinski definition) is 8. The van der Waals surface area contributed by atoms with Gasteiger partial charge in [0.25, 0.3) is 0 Å². The highest BCUT2D eigenvalue weighted by atomic mass is 16.6. The lowest BCUT2D eigenvalue weighted by molar-refractivity contribution is 0.0104. The molecule has 1 aromatic carbocycles. The van der Waals surface area contributed by atoms with Crippen LogP contribution in [0.4, 0.5) is 4.79 Å². The fraction of sp³-hybridized carbons (Fsp3) is 0.741. The number of piperidine rings is 1. The van der Waals surface area contributed by atoms with E-state index in [1.165, 1.54) is 17.7 Å². The molecule has 0 aromatic heterocycles. The number of nitrogens with zero attached hydrogens (tertiary/aromatic N) is 2. The number of methoxy groups -OCH3 is 1. The topological polar surface area (TPSA) is 104 Å². The maximum Gasteiger partial charge on any atom is 0.410 e. The molecule has 2 saturated heterocycles. The minimum atomic E-state index is -0.836. The Labute approximate surface area is 215 Å². The van der Waals surface area contributed by atoms with Crippen molar-refractivity contribution in [1.82, 2.24) is 15.1 Å². The second-order valence-electron chi connectivity index (χ2n) is 11.2. The molecule has 0 bridgehead atoms. The third kappa shape index (κ3) is 8.80. The molecule has 3 atom stereocenters. The van der Waals surface area contributed by atoms with Crippen LogP contribution < -0.4 is 14.8 Å². The Morgan fingerprint density at radius 2 is 1.86 bits per heavy atom. The normalized spacial score (nSPS) is 24.3. The first-order chi connectivity index (χ1) is 17.0. The zero-order valence-electron chi connectivity index (χ0n) is 22.5. The van der Waals surface area contributed by atoms with Crippen LogP contribution in [0, 0.1) is 5.92 Å². The fourth-order valence-corrected chi connectivity index (χ4v) is 4.66. The predicted octanol–water partition coefficient (Wildman–Crippen LogP) is 2.63. The largest absolute Gasteiger partial charge is 0.493 e. The van der Waals surface area contributed by atoms with Crippen molar-refractivity contribution in [2.24, 2.45) is 5.92 Å². The van der Waals surface area contributed by atoms with Gasteiger partial charge in [-0.15, -0.1) is 0 Å². The van der Waals surface area contributed by atoms with Crippen LogP contribution in [0.5, 0.6) is 11.5 Å². The first kappa shape index (κ1) is 28.5. The fourth-order valence-electron chi connectivity index (χ4n) is 4.66. The van der Waals surface area contributed by atoms with Crippen molar-refractivity contribution in [3.05, 3.63) is 23.8 Å². The van der Waals surface area contributed by atoms with E-state index in [9.17, 15) is 15.0 Å². The predicted molar refractivity (Wildman–Crippen MR) is 138 cm³/mol. The van der Waals surface area contributed by atoms with Gasteiger partial charge < -0.3 is 34.6 Å². The van der Waals surface area contributed by atoms with Crippen LogP contribution in [0.2, 0.25) is 0 Å². The summed E-state index contributed by atoms with van der Waals surface area (Å²) in [6, 6.07) is 5.44. The molecule has 3 N–H and O–H groups in total. The van der Waals surface area contributed by atoms with Crippen molar-refractivity contribution >= 4 is 6.09 Å². The van der Waals surface area contributed by atoms with Crippen LogP contribution in [-0.2, 0) is 11.3 Å². The number of rotatable bonds is 8. The minimum Gasteiger partial charge on any atom is -0.493 e. The summed E-state index contributed by atoms with van der Waals surface area (Å²) in [6.45, 7) is 12.2. The lowest BCUT2D eigenvalue weighted by atomic mass is 9.99. The standard InChI is InChI=1S/C27H45N3O6/c1-19-8-10-29(11-9-19)12-13-35-24-7-6-20(14-25(24)34-5)16-28-22-15-21(31)17-30(18-23(22)32)26(33)36-27(2,3)4/h6-7,14,19,21-23,28,31-32H,8-13,15-18H2,1-5H3/t21-,22-,23-/m1/s1. The van der Waals surface area contributed by atoms with E-state index in [4.69, 9.17) is 14.2 Å². The Kier molecular flexibility index (Phi) is 10.2. The molecule has 0 aliphatic carbocycles. The highest BCUT2D eigenvalue weighted by molar-refractivity contribution is 5.68. The quantitative estimate of drug-likeness (QED) is 0.494. The van der Waals surface area contributed by atoms with Gasteiger partial charge in [-0.05, 0) is 76.7 Å². The van der Waals surface area contributed by atoms with Crippen molar-refractivity contribution in [3.63, 3.8) is 0 Å². The molecule has 0 unspecified atom stereocenters. The van der Waals surface area contributed by atoms with E-state index in [0.717, 1.165) is 31.1 Å². The van der Waals surface area contributed by atoms with Crippen LogP contribution in [0.15, 0.2) is 18.2 Å². The van der Waals surface area contributed by atoms with Crippen molar-refractivity contribution in [1.29, 1.82) is 0 Å². The summed E-state index contributed by atoms with van der Waals surface area (Å²) in [6.07, 6.45) is 0.690. The van der Waals surface area contributed by atoms with Gasteiger partial charge in [-0.25, -0.2) is 4.79 Å². The summed E-state index contributed by atoms with van der Waals surface area (Å²) >= 11 is 0. The van der Waals surface area contributed by atoms with E-state index in [2.05, 4.69) is 17.1 Å². The minimum absolute atomic E-state index is 0.0929. The Morgan fingerprint density at radius 3 is 2.53 bits per heavy atom. The first-order valence-electron chi connectivity index (χ1n) is 13.1. The molecule has 36 heavy (non-hydrogen) atoms. The maximum absolute atomic E-state index is 12.5. The molecule has 2 aliphatic heterocycles. The third-order valence-electron chi connectivity index (χ3n) is 6.82. The number of aliphatic hydroxyl groups is 2. The van der Waals surface area contributed by atoms with Crippen molar-refractivity contribution in [3.8, 4) is 11.5 Å². The lowest BCUT2D eigenvalue weighted by Gasteiger charge is -2.30. The highest BCUT2D eigenvalue weighted by Gasteiger charge is 2.33. The van der Waals surface area contributed by atoms with Gasteiger partial charge in [-0.2, -0.15) is 0 Å². The van der Waals surface area contributed by atoms with Crippen LogP contribution in [0.1, 0.15) is 52.5 Å². The van der Waals surface area contributed by atoms with E-state index in [0.29, 0.717) is 31.1 Å². The van der Waals surface area contributed by atoms with Crippen molar-refractivity contribution in [2.75, 3.05) is 46.4 Å². The van der Waals surface area contributed by atoms with Gasteiger partial charge in [-0.3, -0.25) is 4.90 Å². The highest BCUT2D eigenvalue weighted by Crippen LogP contribution is 2.28. The van der Waals surface area contributed by atoms with Gasteiger partial charge in [0, 0.05) is 19.1 Å².